The van der Waals surface area contributed by atoms with Gasteiger partial charge < -0.3 is 4.90 Å². The van der Waals surface area contributed by atoms with Gasteiger partial charge in [0.2, 0.25) is 5.82 Å². The van der Waals surface area contributed by atoms with E-state index < -0.39 is 4.92 Å². The van der Waals surface area contributed by atoms with Crippen molar-refractivity contribution in [3.8, 4) is 0 Å². The number of rotatable bonds is 7. The minimum atomic E-state index is -0.487. The van der Waals surface area contributed by atoms with Crippen molar-refractivity contribution < 1.29 is 9.72 Å². The van der Waals surface area contributed by atoms with Gasteiger partial charge in [0.1, 0.15) is 0 Å². The number of anilines is 2. The number of carbonyl (C=O) groups is 1. The smallest absolute Gasteiger partial charge is 0.311 e. The fourth-order valence-electron chi connectivity index (χ4n) is 2.13. The number of carbonyl (C=O) groups excluding carboxylic acids is 1. The molecule has 0 N–H and O–H groups in total. The largest absolute Gasteiger partial charge is 0.320 e. The molecule has 0 unspecified atom stereocenters. The third-order valence-corrected chi connectivity index (χ3v) is 3.36. The summed E-state index contributed by atoms with van der Waals surface area (Å²) in [5.41, 5.74) is 0.902. The Bertz CT molecular complexity index is 679. The quantitative estimate of drug-likeness (QED) is 0.337. The number of aromatic nitrogens is 1. The number of hydrogen-bond donors (Lipinski definition) is 0. The zero-order chi connectivity index (χ0) is 15.9. The van der Waals surface area contributed by atoms with Crippen LogP contribution < -0.4 is 4.90 Å². The highest BCUT2D eigenvalue weighted by Crippen LogP contribution is 2.33. The van der Waals surface area contributed by atoms with Crippen molar-refractivity contribution in [1.29, 1.82) is 0 Å². The molecule has 0 saturated carbocycles. The van der Waals surface area contributed by atoms with Crippen LogP contribution in [0.3, 0.4) is 0 Å². The predicted octanol–water partition coefficient (Wildman–Crippen LogP) is 3.57. The van der Waals surface area contributed by atoms with Crippen LogP contribution in [0.5, 0.6) is 0 Å². The number of aldehydes is 1. The summed E-state index contributed by atoms with van der Waals surface area (Å²) in [6.45, 7) is 0.423. The van der Waals surface area contributed by atoms with Gasteiger partial charge >= 0.3 is 5.69 Å². The van der Waals surface area contributed by atoms with E-state index in [-0.39, 0.29) is 11.5 Å². The summed E-state index contributed by atoms with van der Waals surface area (Å²) < 4.78 is 0. The second-order valence-corrected chi connectivity index (χ2v) is 4.85. The Balaban J connectivity index is 2.56. The lowest BCUT2D eigenvalue weighted by Crippen LogP contribution is -2.22. The Morgan fingerprint density at radius 3 is 2.73 bits per heavy atom. The number of halogens is 1. The lowest BCUT2D eigenvalue weighted by molar-refractivity contribution is -0.384. The number of alkyl halides is 1. The second-order valence-electron chi connectivity index (χ2n) is 4.47. The zero-order valence-corrected chi connectivity index (χ0v) is 12.4. The molecule has 0 aliphatic rings. The first kappa shape index (κ1) is 15.9. The van der Waals surface area contributed by atoms with Crippen molar-refractivity contribution in [3.05, 3.63) is 58.3 Å². The summed E-state index contributed by atoms with van der Waals surface area (Å²) in [7, 11) is 0. The van der Waals surface area contributed by atoms with Crippen LogP contribution in [-0.4, -0.2) is 28.6 Å². The van der Waals surface area contributed by atoms with Crippen LogP contribution in [0.25, 0.3) is 0 Å². The maximum absolute atomic E-state index is 11.2. The molecule has 2 rings (SSSR count). The third kappa shape index (κ3) is 3.40. The fraction of sp³-hybridized carbons (Fsp3) is 0.200. The van der Waals surface area contributed by atoms with Crippen molar-refractivity contribution in [2.24, 2.45) is 0 Å². The molecule has 0 spiro atoms. The molecule has 0 saturated heterocycles. The molecule has 1 aromatic carbocycles. The van der Waals surface area contributed by atoms with Gasteiger partial charge in [0.05, 0.1) is 10.6 Å². The van der Waals surface area contributed by atoms with Gasteiger partial charge in [-0.1, -0.05) is 12.1 Å². The number of para-hydroxylation sites is 1. The third-order valence-electron chi connectivity index (χ3n) is 3.09. The van der Waals surface area contributed by atoms with Gasteiger partial charge in [0.15, 0.2) is 6.29 Å². The van der Waals surface area contributed by atoms with Crippen LogP contribution in [0.4, 0.5) is 17.2 Å². The monoisotopic (exact) mass is 319 g/mol. The fourth-order valence-corrected chi connectivity index (χ4v) is 2.25. The molecular formula is C15H14ClN3O3. The topological polar surface area (TPSA) is 76.3 Å². The van der Waals surface area contributed by atoms with Crippen LogP contribution in [0.15, 0.2) is 42.6 Å². The molecule has 0 aliphatic heterocycles. The number of pyridine rings is 1. The zero-order valence-electron chi connectivity index (χ0n) is 11.7. The molecule has 0 fully saturated rings. The molecule has 0 aliphatic carbocycles. The first-order chi connectivity index (χ1) is 10.7. The molecule has 1 aromatic heterocycles. The minimum absolute atomic E-state index is 0.113. The summed E-state index contributed by atoms with van der Waals surface area (Å²) in [5.74, 6) is 0.604. The van der Waals surface area contributed by atoms with E-state index in [0.29, 0.717) is 30.1 Å². The van der Waals surface area contributed by atoms with Gasteiger partial charge in [-0.05, 0) is 24.6 Å². The molecule has 0 atom stereocenters. The molecule has 6 nitrogen and oxygen atoms in total. The standard InChI is InChI=1S/C15H14ClN3O3/c16-8-4-10-18(13-6-2-1-5-12(13)11-20)15-14(19(21)22)7-3-9-17-15/h1-3,5-7,9,11H,4,8,10H2. The van der Waals surface area contributed by atoms with E-state index in [1.165, 1.54) is 18.3 Å². The van der Waals surface area contributed by atoms with Crippen LogP contribution >= 0.6 is 11.6 Å². The van der Waals surface area contributed by atoms with E-state index in [0.717, 1.165) is 6.29 Å². The van der Waals surface area contributed by atoms with E-state index in [1.54, 1.807) is 29.2 Å². The summed E-state index contributed by atoms with van der Waals surface area (Å²) in [6, 6.07) is 9.79. The van der Waals surface area contributed by atoms with E-state index in [9.17, 15) is 14.9 Å². The number of nitro groups is 1. The van der Waals surface area contributed by atoms with Crippen molar-refractivity contribution in [2.45, 2.75) is 6.42 Å². The molecule has 0 bridgehead atoms. The summed E-state index contributed by atoms with van der Waals surface area (Å²) in [4.78, 5) is 27.8. The maximum Gasteiger partial charge on any atom is 0.311 e. The lowest BCUT2D eigenvalue weighted by Gasteiger charge is -2.24. The molecule has 1 heterocycles. The normalized spacial score (nSPS) is 10.2. The maximum atomic E-state index is 11.2. The van der Waals surface area contributed by atoms with Crippen molar-refractivity contribution in [3.63, 3.8) is 0 Å². The molecular weight excluding hydrogens is 306 g/mol. The average Bonchev–Trinajstić information content (AvgIpc) is 2.56. The van der Waals surface area contributed by atoms with Crippen molar-refractivity contribution in [2.75, 3.05) is 17.3 Å². The van der Waals surface area contributed by atoms with Gasteiger partial charge in [-0.2, -0.15) is 0 Å². The highest BCUT2D eigenvalue weighted by molar-refractivity contribution is 6.17. The Hall–Kier alpha value is -2.47. The molecule has 7 heteroatoms. The van der Waals surface area contributed by atoms with Crippen LogP contribution in [0, 0.1) is 10.1 Å². The average molecular weight is 320 g/mol. The second kappa shape index (κ2) is 7.51. The van der Waals surface area contributed by atoms with E-state index in [2.05, 4.69) is 4.98 Å². The van der Waals surface area contributed by atoms with Gasteiger partial charge in [-0.25, -0.2) is 4.98 Å². The van der Waals surface area contributed by atoms with Crippen LogP contribution in [0.1, 0.15) is 16.8 Å². The molecule has 22 heavy (non-hydrogen) atoms. The van der Waals surface area contributed by atoms with E-state index in [1.807, 2.05) is 0 Å². The molecule has 0 amide bonds. The Kier molecular flexibility index (Phi) is 5.43. The first-order valence-electron chi connectivity index (χ1n) is 6.66. The van der Waals surface area contributed by atoms with Crippen molar-refractivity contribution >= 4 is 35.1 Å². The summed E-state index contributed by atoms with van der Waals surface area (Å²) >= 11 is 5.75. The lowest BCUT2D eigenvalue weighted by atomic mass is 10.1. The Morgan fingerprint density at radius 1 is 1.27 bits per heavy atom. The van der Waals surface area contributed by atoms with Crippen LogP contribution in [0.2, 0.25) is 0 Å². The van der Waals surface area contributed by atoms with Gasteiger partial charge in [-0.3, -0.25) is 14.9 Å². The van der Waals surface area contributed by atoms with E-state index in [4.69, 9.17) is 11.6 Å². The number of nitrogens with zero attached hydrogens (tertiary/aromatic N) is 3. The van der Waals surface area contributed by atoms with Gasteiger partial charge in [0.25, 0.3) is 0 Å². The highest BCUT2D eigenvalue weighted by Gasteiger charge is 2.23. The Morgan fingerprint density at radius 2 is 2.05 bits per heavy atom. The van der Waals surface area contributed by atoms with E-state index >= 15 is 0 Å². The molecule has 0 radical (unpaired) electrons. The number of benzene rings is 1. The molecule has 2 aromatic rings. The van der Waals surface area contributed by atoms with Gasteiger partial charge in [-0.15, -0.1) is 11.6 Å². The highest BCUT2D eigenvalue weighted by atomic mass is 35.5. The van der Waals surface area contributed by atoms with Gasteiger partial charge in [0, 0.05) is 30.3 Å². The SMILES string of the molecule is O=Cc1ccccc1N(CCCCl)c1ncccc1[N+](=O)[O-]. The predicted molar refractivity (Wildman–Crippen MR) is 85.1 cm³/mol. The number of hydrogen-bond acceptors (Lipinski definition) is 5. The molecule has 114 valence electrons. The van der Waals surface area contributed by atoms with Crippen LogP contribution in [-0.2, 0) is 0 Å². The summed E-state index contributed by atoms with van der Waals surface area (Å²) in [6.07, 6.45) is 2.81. The summed E-state index contributed by atoms with van der Waals surface area (Å²) in [5, 5.41) is 11.2. The van der Waals surface area contributed by atoms with Crippen molar-refractivity contribution in [1.82, 2.24) is 4.98 Å². The first-order valence-corrected chi connectivity index (χ1v) is 7.19. The minimum Gasteiger partial charge on any atom is -0.320 e. The Labute approximate surface area is 132 Å².